The van der Waals surface area contributed by atoms with Crippen LogP contribution in [0, 0.1) is 11.3 Å². The maximum Gasteiger partial charge on any atom is 0.251 e. The molecule has 0 saturated carbocycles. The van der Waals surface area contributed by atoms with Crippen LogP contribution in [0.25, 0.3) is 0 Å². The van der Waals surface area contributed by atoms with E-state index in [1.54, 1.807) is 12.1 Å². The third-order valence-electron chi connectivity index (χ3n) is 3.43. The van der Waals surface area contributed by atoms with Gasteiger partial charge in [0, 0.05) is 23.7 Å². The van der Waals surface area contributed by atoms with Crippen LogP contribution in [-0.2, 0) is 11.2 Å². The molecule has 2 amide bonds. The van der Waals surface area contributed by atoms with Crippen LogP contribution < -0.4 is 10.6 Å². The Morgan fingerprint density at radius 3 is 3.00 bits per heavy atom. The highest BCUT2D eigenvalue weighted by Crippen LogP contribution is 2.23. The van der Waals surface area contributed by atoms with Gasteiger partial charge in [-0.1, -0.05) is 6.92 Å². The zero-order valence-electron chi connectivity index (χ0n) is 11.4. The van der Waals surface area contributed by atoms with E-state index in [2.05, 4.69) is 16.7 Å². The number of nitrogens with one attached hydrogen (secondary N) is 2. The van der Waals surface area contributed by atoms with Crippen molar-refractivity contribution in [1.29, 1.82) is 5.26 Å². The van der Waals surface area contributed by atoms with Gasteiger partial charge in [-0.2, -0.15) is 5.26 Å². The highest BCUT2D eigenvalue weighted by atomic mass is 16.2. The second-order valence-electron chi connectivity index (χ2n) is 4.86. The van der Waals surface area contributed by atoms with Crippen molar-refractivity contribution in [3.8, 4) is 6.07 Å². The first kappa shape index (κ1) is 14.1. The molecule has 2 N–H and O–H groups in total. The summed E-state index contributed by atoms with van der Waals surface area (Å²) in [7, 11) is 0. The number of nitriles is 1. The third-order valence-corrected chi connectivity index (χ3v) is 3.43. The van der Waals surface area contributed by atoms with Gasteiger partial charge in [0.1, 0.15) is 0 Å². The minimum atomic E-state index is -0.174. The lowest BCUT2D eigenvalue weighted by Crippen LogP contribution is -2.34. The minimum absolute atomic E-state index is 0.00905. The van der Waals surface area contributed by atoms with Gasteiger partial charge in [0.05, 0.1) is 12.5 Å². The number of rotatable bonds is 4. The first-order valence-corrected chi connectivity index (χ1v) is 6.74. The SMILES string of the molecule is CCC(CC#N)NC(=O)c1ccc2c(c1)CCC(=O)N2. The van der Waals surface area contributed by atoms with Crippen molar-refractivity contribution < 1.29 is 9.59 Å². The van der Waals surface area contributed by atoms with Gasteiger partial charge in [0.2, 0.25) is 5.91 Å². The Bertz CT molecular complexity index is 575. The Balaban J connectivity index is 2.11. The van der Waals surface area contributed by atoms with Gasteiger partial charge < -0.3 is 10.6 Å². The zero-order chi connectivity index (χ0) is 14.5. The maximum atomic E-state index is 12.1. The number of hydrogen-bond donors (Lipinski definition) is 2. The zero-order valence-corrected chi connectivity index (χ0v) is 11.4. The van der Waals surface area contributed by atoms with Crippen LogP contribution in [0.4, 0.5) is 5.69 Å². The van der Waals surface area contributed by atoms with E-state index in [0.717, 1.165) is 17.7 Å². The molecule has 1 aliphatic rings. The Kier molecular flexibility index (Phi) is 4.36. The standard InChI is InChI=1S/C15H17N3O2/c1-2-12(7-8-16)17-15(20)11-3-5-13-10(9-11)4-6-14(19)18-13/h3,5,9,12H,2,4,6-7H2,1H3,(H,17,20)(H,18,19). The Labute approximate surface area is 118 Å². The van der Waals surface area contributed by atoms with E-state index in [4.69, 9.17) is 5.26 Å². The molecule has 2 rings (SSSR count). The second-order valence-corrected chi connectivity index (χ2v) is 4.86. The second kappa shape index (κ2) is 6.20. The number of aryl methyl sites for hydroxylation is 1. The van der Waals surface area contributed by atoms with E-state index in [-0.39, 0.29) is 17.9 Å². The number of amides is 2. The molecule has 0 aliphatic carbocycles. The van der Waals surface area contributed by atoms with E-state index in [1.807, 2.05) is 13.0 Å². The van der Waals surface area contributed by atoms with Gasteiger partial charge in [-0.3, -0.25) is 9.59 Å². The fourth-order valence-electron chi connectivity index (χ4n) is 2.20. The fraction of sp³-hybridized carbons (Fsp3) is 0.400. The molecule has 0 spiro atoms. The molecule has 1 atom stereocenters. The molecule has 104 valence electrons. The highest BCUT2D eigenvalue weighted by molar-refractivity contribution is 5.98. The van der Waals surface area contributed by atoms with Crippen molar-refractivity contribution >= 4 is 17.5 Å². The summed E-state index contributed by atoms with van der Waals surface area (Å²) in [6.07, 6.45) is 2.13. The third kappa shape index (κ3) is 3.15. The average molecular weight is 271 g/mol. The topological polar surface area (TPSA) is 82.0 Å². The predicted octanol–water partition coefficient (Wildman–Crippen LogP) is 1.99. The van der Waals surface area contributed by atoms with Gasteiger partial charge in [-0.25, -0.2) is 0 Å². The van der Waals surface area contributed by atoms with Crippen LogP contribution in [0.3, 0.4) is 0 Å². The molecule has 5 heteroatoms. The molecular formula is C15H17N3O2. The van der Waals surface area contributed by atoms with Crippen LogP contribution in [0.2, 0.25) is 0 Å². The molecule has 0 aromatic heterocycles. The molecule has 20 heavy (non-hydrogen) atoms. The number of anilines is 1. The number of carbonyl (C=O) groups excluding carboxylic acids is 2. The first-order valence-electron chi connectivity index (χ1n) is 6.74. The summed E-state index contributed by atoms with van der Waals surface area (Å²) in [5.41, 5.74) is 2.32. The van der Waals surface area contributed by atoms with Crippen LogP contribution in [0.5, 0.6) is 0 Å². The highest BCUT2D eigenvalue weighted by Gasteiger charge is 2.17. The summed E-state index contributed by atoms with van der Waals surface area (Å²) in [6.45, 7) is 1.94. The summed E-state index contributed by atoms with van der Waals surface area (Å²) in [6, 6.07) is 7.20. The van der Waals surface area contributed by atoms with E-state index in [1.165, 1.54) is 0 Å². The van der Waals surface area contributed by atoms with Crippen molar-refractivity contribution in [2.24, 2.45) is 0 Å². The lowest BCUT2D eigenvalue weighted by atomic mass is 10.00. The van der Waals surface area contributed by atoms with Crippen LogP contribution in [0.15, 0.2) is 18.2 Å². The molecular weight excluding hydrogens is 254 g/mol. The van der Waals surface area contributed by atoms with Crippen molar-refractivity contribution in [2.45, 2.75) is 38.6 Å². The van der Waals surface area contributed by atoms with Crippen molar-refractivity contribution in [3.63, 3.8) is 0 Å². The van der Waals surface area contributed by atoms with E-state index in [9.17, 15) is 9.59 Å². The Hall–Kier alpha value is -2.35. The van der Waals surface area contributed by atoms with E-state index < -0.39 is 0 Å². The van der Waals surface area contributed by atoms with E-state index in [0.29, 0.717) is 24.8 Å². The molecule has 5 nitrogen and oxygen atoms in total. The molecule has 1 unspecified atom stereocenters. The fourth-order valence-corrected chi connectivity index (χ4v) is 2.20. The molecule has 1 aromatic carbocycles. The number of nitrogens with zero attached hydrogens (tertiary/aromatic N) is 1. The number of benzene rings is 1. The molecule has 0 bridgehead atoms. The van der Waals surface area contributed by atoms with Gasteiger partial charge in [-0.05, 0) is 36.6 Å². The van der Waals surface area contributed by atoms with Crippen LogP contribution in [0.1, 0.15) is 42.1 Å². The monoisotopic (exact) mass is 271 g/mol. The molecule has 0 saturated heterocycles. The molecule has 1 aromatic rings. The van der Waals surface area contributed by atoms with Gasteiger partial charge >= 0.3 is 0 Å². The first-order chi connectivity index (χ1) is 9.63. The number of hydrogen-bond acceptors (Lipinski definition) is 3. The van der Waals surface area contributed by atoms with Gasteiger partial charge in [0.15, 0.2) is 0 Å². The molecule has 0 radical (unpaired) electrons. The molecule has 0 fully saturated rings. The normalized spacial score (nSPS) is 14.7. The van der Waals surface area contributed by atoms with Crippen molar-refractivity contribution in [2.75, 3.05) is 5.32 Å². The number of fused-ring (bicyclic) bond motifs is 1. The van der Waals surface area contributed by atoms with E-state index >= 15 is 0 Å². The largest absolute Gasteiger partial charge is 0.348 e. The maximum absolute atomic E-state index is 12.1. The van der Waals surface area contributed by atoms with Crippen molar-refractivity contribution in [1.82, 2.24) is 5.32 Å². The average Bonchev–Trinajstić information content (AvgIpc) is 2.46. The van der Waals surface area contributed by atoms with Gasteiger partial charge in [0.25, 0.3) is 5.91 Å². The summed E-state index contributed by atoms with van der Waals surface area (Å²) in [5.74, 6) is -0.165. The molecule has 1 heterocycles. The summed E-state index contributed by atoms with van der Waals surface area (Å²) < 4.78 is 0. The van der Waals surface area contributed by atoms with Gasteiger partial charge in [-0.15, -0.1) is 0 Å². The lowest BCUT2D eigenvalue weighted by Gasteiger charge is -2.18. The summed E-state index contributed by atoms with van der Waals surface area (Å²) >= 11 is 0. The van der Waals surface area contributed by atoms with Crippen LogP contribution in [-0.4, -0.2) is 17.9 Å². The molecule has 1 aliphatic heterocycles. The summed E-state index contributed by atoms with van der Waals surface area (Å²) in [4.78, 5) is 23.4. The quantitative estimate of drug-likeness (QED) is 0.878. The smallest absolute Gasteiger partial charge is 0.251 e. The Morgan fingerprint density at radius 1 is 1.50 bits per heavy atom. The van der Waals surface area contributed by atoms with Crippen molar-refractivity contribution in [3.05, 3.63) is 29.3 Å². The minimum Gasteiger partial charge on any atom is -0.348 e. The number of carbonyl (C=O) groups is 2. The lowest BCUT2D eigenvalue weighted by molar-refractivity contribution is -0.116. The predicted molar refractivity (Wildman–Crippen MR) is 75.2 cm³/mol. The van der Waals surface area contributed by atoms with Crippen LogP contribution >= 0.6 is 0 Å². The Morgan fingerprint density at radius 2 is 2.30 bits per heavy atom. The summed E-state index contributed by atoms with van der Waals surface area (Å²) in [5, 5.41) is 14.3.